The monoisotopic (exact) mass is 387 g/mol. The molecular weight excluding hydrogens is 374 g/mol. The van der Waals surface area contributed by atoms with E-state index in [2.05, 4.69) is 9.97 Å². The summed E-state index contributed by atoms with van der Waals surface area (Å²) < 4.78 is 5.23. The Morgan fingerprint density at radius 2 is 1.96 bits per heavy atom. The summed E-state index contributed by atoms with van der Waals surface area (Å²) in [5.41, 5.74) is 1.46. The zero-order valence-electron chi connectivity index (χ0n) is 13.8. The van der Waals surface area contributed by atoms with Crippen LogP contribution in [-0.4, -0.2) is 21.8 Å². The van der Waals surface area contributed by atoms with E-state index in [0.717, 1.165) is 5.69 Å². The third-order valence-electron chi connectivity index (χ3n) is 3.39. The lowest BCUT2D eigenvalue weighted by Crippen LogP contribution is -2.22. The largest absolute Gasteiger partial charge is 0.455 e. The first-order valence-corrected chi connectivity index (χ1v) is 8.90. The zero-order valence-corrected chi connectivity index (χ0v) is 15.3. The van der Waals surface area contributed by atoms with Crippen molar-refractivity contribution in [1.29, 1.82) is 0 Å². The van der Waals surface area contributed by atoms with Crippen molar-refractivity contribution < 1.29 is 14.3 Å². The van der Waals surface area contributed by atoms with Gasteiger partial charge in [0.1, 0.15) is 11.8 Å². The number of carbonyl (C=O) groups is 2. The summed E-state index contributed by atoms with van der Waals surface area (Å²) in [7, 11) is 0. The molecule has 26 heavy (non-hydrogen) atoms. The fourth-order valence-corrected chi connectivity index (χ4v) is 3.29. The Labute approximate surface area is 159 Å². The second kappa shape index (κ2) is 8.07. The van der Waals surface area contributed by atoms with Crippen LogP contribution in [0.15, 0.2) is 54.0 Å². The van der Waals surface area contributed by atoms with E-state index < -0.39 is 5.97 Å². The normalized spacial score (nSPS) is 10.4. The van der Waals surface area contributed by atoms with Gasteiger partial charge in [0, 0.05) is 18.5 Å². The number of carbonyl (C=O) groups excluding carboxylic acids is 2. The Morgan fingerprint density at radius 1 is 1.19 bits per heavy atom. The summed E-state index contributed by atoms with van der Waals surface area (Å²) in [5, 5.41) is 2.34. The second-order valence-corrected chi connectivity index (χ2v) is 6.42. The van der Waals surface area contributed by atoms with Crippen LogP contribution in [0, 0.1) is 0 Å². The highest BCUT2D eigenvalue weighted by atomic mass is 35.5. The van der Waals surface area contributed by atoms with Crippen LogP contribution < -0.4 is 4.90 Å². The average Bonchev–Trinajstić information content (AvgIpc) is 3.09. The van der Waals surface area contributed by atoms with Crippen LogP contribution in [0.5, 0.6) is 0 Å². The third-order valence-corrected chi connectivity index (χ3v) is 4.57. The van der Waals surface area contributed by atoms with Gasteiger partial charge < -0.3 is 4.74 Å². The number of para-hydroxylation sites is 1. The first kappa shape index (κ1) is 18.0. The molecule has 1 aromatic carbocycles. The number of aromatic nitrogens is 2. The maximum atomic E-state index is 12.1. The molecular formula is C18H14ClN3O3S. The molecule has 0 unspecified atom stereocenters. The number of hydrogen-bond acceptors (Lipinski definition) is 6. The van der Waals surface area contributed by atoms with Crippen molar-refractivity contribution >= 4 is 45.6 Å². The number of esters is 1. The minimum Gasteiger partial charge on any atom is -0.455 e. The smallest absolute Gasteiger partial charge is 0.341 e. The molecule has 3 rings (SSSR count). The summed E-state index contributed by atoms with van der Waals surface area (Å²) in [6, 6.07) is 12.4. The molecule has 0 atom stereocenters. The van der Waals surface area contributed by atoms with Crippen molar-refractivity contribution in [3.63, 3.8) is 0 Å². The van der Waals surface area contributed by atoms with E-state index in [1.165, 1.54) is 35.4 Å². The molecule has 0 bridgehead atoms. The molecule has 2 heterocycles. The third kappa shape index (κ3) is 4.07. The van der Waals surface area contributed by atoms with Crippen LogP contribution in [0.4, 0.5) is 10.8 Å². The maximum Gasteiger partial charge on any atom is 0.341 e. The number of pyridine rings is 1. The SMILES string of the molecule is CC(=O)N(c1ccccc1)c1nc(COC(=O)c2cccnc2Cl)cs1. The number of nitrogens with zero attached hydrogens (tertiary/aromatic N) is 3. The van der Waals surface area contributed by atoms with Gasteiger partial charge in [-0.15, -0.1) is 11.3 Å². The highest BCUT2D eigenvalue weighted by Crippen LogP contribution is 2.29. The quantitative estimate of drug-likeness (QED) is 0.483. The minimum atomic E-state index is -0.580. The number of ether oxygens (including phenoxy) is 1. The van der Waals surface area contributed by atoms with Crippen molar-refractivity contribution in [3.8, 4) is 0 Å². The summed E-state index contributed by atoms with van der Waals surface area (Å²) in [4.78, 5) is 33.8. The predicted octanol–water partition coefficient (Wildman–Crippen LogP) is 4.23. The Kier molecular flexibility index (Phi) is 5.60. The molecule has 0 fully saturated rings. The van der Waals surface area contributed by atoms with Crippen LogP contribution in [-0.2, 0) is 16.1 Å². The Morgan fingerprint density at radius 3 is 2.65 bits per heavy atom. The van der Waals surface area contributed by atoms with E-state index in [1.807, 2.05) is 30.3 Å². The Balaban J connectivity index is 1.72. The van der Waals surface area contributed by atoms with Crippen molar-refractivity contribution in [1.82, 2.24) is 9.97 Å². The fraction of sp³-hybridized carbons (Fsp3) is 0.111. The molecule has 8 heteroatoms. The standard InChI is InChI=1S/C18H14ClN3O3S/c1-12(23)22(14-6-3-2-4-7-14)18-21-13(11-26-18)10-25-17(24)15-8-5-9-20-16(15)19/h2-9,11H,10H2,1H3. The van der Waals surface area contributed by atoms with Crippen molar-refractivity contribution in [3.05, 3.63) is 70.5 Å². The number of amides is 1. The molecule has 0 radical (unpaired) electrons. The lowest BCUT2D eigenvalue weighted by atomic mass is 10.3. The van der Waals surface area contributed by atoms with Gasteiger partial charge in [0.05, 0.1) is 16.9 Å². The summed E-state index contributed by atoms with van der Waals surface area (Å²) in [5.74, 6) is -0.736. The van der Waals surface area contributed by atoms with Crippen molar-refractivity contribution in [2.24, 2.45) is 0 Å². The molecule has 132 valence electrons. The van der Waals surface area contributed by atoms with Gasteiger partial charge in [0.15, 0.2) is 5.13 Å². The summed E-state index contributed by atoms with van der Waals surface area (Å²) >= 11 is 7.18. The molecule has 1 amide bonds. The van der Waals surface area contributed by atoms with Crippen molar-refractivity contribution in [2.75, 3.05) is 4.90 Å². The zero-order chi connectivity index (χ0) is 18.5. The van der Waals surface area contributed by atoms with Crippen LogP contribution in [0.25, 0.3) is 0 Å². The first-order valence-electron chi connectivity index (χ1n) is 7.64. The van der Waals surface area contributed by atoms with Crippen molar-refractivity contribution in [2.45, 2.75) is 13.5 Å². The van der Waals surface area contributed by atoms with Crippen LogP contribution in [0.2, 0.25) is 5.15 Å². The highest BCUT2D eigenvalue weighted by molar-refractivity contribution is 7.14. The van der Waals surface area contributed by atoms with E-state index in [9.17, 15) is 9.59 Å². The van der Waals surface area contributed by atoms with Crippen LogP contribution in [0.1, 0.15) is 23.0 Å². The van der Waals surface area contributed by atoms with Gasteiger partial charge in [-0.05, 0) is 24.3 Å². The lowest BCUT2D eigenvalue weighted by molar-refractivity contribution is -0.115. The minimum absolute atomic E-state index is 0.0267. The van der Waals surface area contributed by atoms with E-state index in [0.29, 0.717) is 10.8 Å². The maximum absolute atomic E-state index is 12.1. The van der Waals surface area contributed by atoms with E-state index in [-0.39, 0.29) is 23.2 Å². The molecule has 6 nitrogen and oxygen atoms in total. The second-order valence-electron chi connectivity index (χ2n) is 5.23. The predicted molar refractivity (Wildman–Crippen MR) is 99.7 cm³/mol. The van der Waals surface area contributed by atoms with Crippen LogP contribution in [0.3, 0.4) is 0 Å². The molecule has 2 aromatic heterocycles. The highest BCUT2D eigenvalue weighted by Gasteiger charge is 2.18. The van der Waals surface area contributed by atoms with Gasteiger partial charge in [0.25, 0.3) is 0 Å². The molecule has 0 aliphatic carbocycles. The fourth-order valence-electron chi connectivity index (χ4n) is 2.22. The Bertz CT molecular complexity index is 930. The number of rotatable bonds is 5. The molecule has 0 aliphatic rings. The number of anilines is 2. The molecule has 0 aliphatic heterocycles. The molecule has 0 N–H and O–H groups in total. The van der Waals surface area contributed by atoms with Gasteiger partial charge in [0.2, 0.25) is 5.91 Å². The van der Waals surface area contributed by atoms with Gasteiger partial charge in [-0.3, -0.25) is 9.69 Å². The summed E-state index contributed by atoms with van der Waals surface area (Å²) in [6.45, 7) is 1.44. The van der Waals surface area contributed by atoms with E-state index >= 15 is 0 Å². The number of thiazole rings is 1. The van der Waals surface area contributed by atoms with Gasteiger partial charge in [-0.1, -0.05) is 29.8 Å². The van der Waals surface area contributed by atoms with Gasteiger partial charge in [-0.25, -0.2) is 14.8 Å². The first-order chi connectivity index (χ1) is 12.6. The summed E-state index contributed by atoms with van der Waals surface area (Å²) in [6.07, 6.45) is 1.49. The Hall–Kier alpha value is -2.77. The van der Waals surface area contributed by atoms with E-state index in [1.54, 1.807) is 11.4 Å². The van der Waals surface area contributed by atoms with Gasteiger partial charge in [-0.2, -0.15) is 0 Å². The van der Waals surface area contributed by atoms with E-state index in [4.69, 9.17) is 16.3 Å². The lowest BCUT2D eigenvalue weighted by Gasteiger charge is -2.17. The number of halogens is 1. The average molecular weight is 388 g/mol. The topological polar surface area (TPSA) is 72.4 Å². The molecule has 0 spiro atoms. The van der Waals surface area contributed by atoms with Crippen LogP contribution >= 0.6 is 22.9 Å². The number of hydrogen-bond donors (Lipinski definition) is 0. The molecule has 0 saturated carbocycles. The molecule has 0 saturated heterocycles. The number of benzene rings is 1. The van der Waals surface area contributed by atoms with Gasteiger partial charge >= 0.3 is 5.97 Å². The molecule has 3 aromatic rings.